The van der Waals surface area contributed by atoms with E-state index in [2.05, 4.69) is 0 Å². The van der Waals surface area contributed by atoms with Gasteiger partial charge in [-0.1, -0.05) is 38.0 Å². The molecule has 2 aromatic carbocycles. The molecule has 5 nitrogen and oxygen atoms in total. The van der Waals surface area contributed by atoms with E-state index < -0.39 is 101 Å². The lowest BCUT2D eigenvalue weighted by molar-refractivity contribution is 0.127. The van der Waals surface area contributed by atoms with E-state index in [9.17, 15) is 9.18 Å². The second kappa shape index (κ2) is 11.1. The van der Waals surface area contributed by atoms with Gasteiger partial charge in [-0.15, -0.1) is 0 Å². The summed E-state index contributed by atoms with van der Waals surface area (Å²) < 4.78 is 179. The summed E-state index contributed by atoms with van der Waals surface area (Å²) in [5.74, 6) is -5.10. The number of amides is 2. The monoisotopic (exact) mass is 447 g/mol. The molecule has 168 valence electrons. The molecule has 0 aliphatic carbocycles. The van der Waals surface area contributed by atoms with Crippen LogP contribution in [0.25, 0.3) is 0 Å². The van der Waals surface area contributed by atoms with E-state index >= 15 is 0 Å². The number of halogens is 1. The van der Waals surface area contributed by atoms with Crippen LogP contribution in [0, 0.1) is 11.7 Å². The van der Waals surface area contributed by atoms with Gasteiger partial charge in [0, 0.05) is 38.2 Å². The molecule has 1 fully saturated rings. The minimum atomic E-state index is -3.77. The fourth-order valence-electron chi connectivity index (χ4n) is 2.58. The lowest BCUT2D eigenvalue weighted by Gasteiger charge is -2.37. The number of piperidine rings is 1. The summed E-state index contributed by atoms with van der Waals surface area (Å²) in [4.78, 5) is 14.1. The Balaban J connectivity index is 2.01. The Labute approximate surface area is 213 Å². The molecule has 0 radical (unpaired) electrons. The van der Waals surface area contributed by atoms with Crippen molar-refractivity contribution in [2.24, 2.45) is 5.89 Å². The average molecular weight is 448 g/mol. The van der Waals surface area contributed by atoms with Crippen LogP contribution in [0.2, 0.25) is 0 Å². The van der Waals surface area contributed by atoms with E-state index in [-0.39, 0.29) is 10.5 Å². The van der Waals surface area contributed by atoms with Gasteiger partial charge < -0.3 is 19.9 Å². The Morgan fingerprint density at radius 3 is 2.58 bits per heavy atom. The zero-order chi connectivity index (χ0) is 39.6. The van der Waals surface area contributed by atoms with Crippen LogP contribution in [0.1, 0.15) is 65.1 Å². The van der Waals surface area contributed by atoms with Gasteiger partial charge in [0.15, 0.2) is 0 Å². The largest absolute Gasteiger partial charge is 0.493 e. The molecule has 2 aromatic rings. The number of hydrogen-bond donors (Lipinski definition) is 1. The van der Waals surface area contributed by atoms with E-state index in [0.717, 1.165) is 48.5 Å². The van der Waals surface area contributed by atoms with Crippen LogP contribution < -0.4 is 10.1 Å². The maximum Gasteiger partial charge on any atom is 0.318 e. The van der Waals surface area contributed by atoms with Crippen molar-refractivity contribution in [3.8, 4) is 5.75 Å². The van der Waals surface area contributed by atoms with Crippen LogP contribution in [0.5, 0.6) is 5.75 Å². The number of carbonyl (C=O) groups is 1. The van der Waals surface area contributed by atoms with E-state index in [1.807, 2.05) is 5.32 Å². The molecule has 1 aliphatic rings. The van der Waals surface area contributed by atoms with Crippen molar-refractivity contribution in [1.29, 1.82) is 0 Å². The SMILES string of the molecule is [2H]C([2H])(NC(=O)N(C1CC([2H])([2H])N(C([2H])([2H])[2H])C([2H])([2H])C1)C([2H])([2H])c1ccc(F)cc1)c1ccc(OC([2H])([2H])C([2H])(C([2H])([2H])[2H])C([2H])([2H])[2H])cc1. The van der Waals surface area contributed by atoms with Crippen molar-refractivity contribution in [2.75, 3.05) is 26.5 Å². The minimum absolute atomic E-state index is 0.0146. The predicted molar refractivity (Wildman–Crippen MR) is 121 cm³/mol. The van der Waals surface area contributed by atoms with Gasteiger partial charge in [-0.2, -0.15) is 0 Å². The standard InChI is InChI=1S/C25H34FN3O2/c1-19(2)18-31-24-10-6-20(7-11-24)16-27-25(30)29(23-12-14-28(3)15-13-23)17-21-4-8-22(26)9-5-21/h4-11,19,23H,12-18H2,1-3H3,(H,27,30)/i1D3,2D3,3D3,14D2,15D2,16D2,17D2,18D2,19D. The smallest absolute Gasteiger partial charge is 0.318 e. The number of carbonyl (C=O) groups excluding carboxylic acids is 1. The summed E-state index contributed by atoms with van der Waals surface area (Å²) in [6, 6.07) is 3.85. The molecule has 0 aromatic heterocycles. The Hall–Kier alpha value is -2.60. The molecular weight excluding hydrogens is 393 g/mol. The quantitative estimate of drug-likeness (QED) is 0.640. The highest BCUT2D eigenvalue weighted by molar-refractivity contribution is 5.74. The molecule has 6 heteroatoms. The van der Waals surface area contributed by atoms with Gasteiger partial charge in [-0.05, 0) is 74.1 Å². The van der Waals surface area contributed by atoms with Gasteiger partial charge in [0.1, 0.15) is 11.6 Å². The van der Waals surface area contributed by atoms with Gasteiger partial charge in [0.2, 0.25) is 0 Å². The van der Waals surface area contributed by atoms with Crippen LogP contribution >= 0.6 is 0 Å². The van der Waals surface area contributed by atoms with Crippen LogP contribution in [0.15, 0.2) is 48.5 Å². The number of benzene rings is 2. The van der Waals surface area contributed by atoms with E-state index in [4.69, 9.17) is 32.2 Å². The second-order valence-corrected chi connectivity index (χ2v) is 6.36. The third kappa shape index (κ3) is 7.24. The number of nitrogens with zero attached hydrogens (tertiary/aromatic N) is 2. The molecule has 0 unspecified atom stereocenters. The van der Waals surface area contributed by atoms with Crippen molar-refractivity contribution >= 4 is 6.03 Å². The molecule has 2 amide bonds. The van der Waals surface area contributed by atoms with E-state index in [1.165, 1.54) is 0 Å². The maximum atomic E-state index is 13.9. The molecule has 1 heterocycles. The Kier molecular flexibility index (Phi) is 3.02. The fourth-order valence-corrected chi connectivity index (χ4v) is 2.58. The summed E-state index contributed by atoms with van der Waals surface area (Å²) in [5, 5.41) is 1.93. The Morgan fingerprint density at radius 2 is 1.94 bits per heavy atom. The van der Waals surface area contributed by atoms with Gasteiger partial charge in [0.05, 0.1) is 14.8 Å². The lowest BCUT2D eigenvalue weighted by Crippen LogP contribution is -2.49. The predicted octanol–water partition coefficient (Wildman–Crippen LogP) is 4.67. The summed E-state index contributed by atoms with van der Waals surface area (Å²) in [6.45, 7) is -26.3. The van der Waals surface area contributed by atoms with Crippen molar-refractivity contribution in [1.82, 2.24) is 15.1 Å². The Bertz CT molecular complexity index is 1530. The molecule has 0 spiro atoms. The molecule has 31 heavy (non-hydrogen) atoms. The summed E-state index contributed by atoms with van der Waals surface area (Å²) >= 11 is 0. The molecule has 1 saturated heterocycles. The molecular formula is C25H34FN3O2. The average Bonchev–Trinajstić information content (AvgIpc) is 2.88. The molecule has 1 aliphatic heterocycles. The first-order valence-electron chi connectivity index (χ1n) is 19.1. The van der Waals surface area contributed by atoms with Crippen LogP contribution in [-0.4, -0.2) is 48.4 Å². The molecule has 3 rings (SSSR count). The fraction of sp³-hybridized carbons (Fsp3) is 0.480. The third-order valence-corrected chi connectivity index (χ3v) is 4.09. The highest BCUT2D eigenvalue weighted by Gasteiger charge is 2.27. The van der Waals surface area contributed by atoms with Gasteiger partial charge in [0.25, 0.3) is 0 Å². The van der Waals surface area contributed by atoms with Crippen LogP contribution in [0.4, 0.5) is 9.18 Å². The minimum Gasteiger partial charge on any atom is -0.493 e. The zero-order valence-electron chi connectivity index (χ0n) is 36.2. The van der Waals surface area contributed by atoms with Crippen LogP contribution in [-0.2, 0) is 13.0 Å². The van der Waals surface area contributed by atoms with Gasteiger partial charge in [-0.25, -0.2) is 9.18 Å². The number of hydrogen-bond acceptors (Lipinski definition) is 3. The van der Waals surface area contributed by atoms with Crippen molar-refractivity contribution in [2.45, 2.75) is 45.6 Å². The molecule has 0 atom stereocenters. The first-order valence-corrected chi connectivity index (χ1v) is 9.09. The van der Waals surface area contributed by atoms with Crippen molar-refractivity contribution in [3.63, 3.8) is 0 Å². The zero-order valence-corrected chi connectivity index (χ0v) is 16.2. The Morgan fingerprint density at radius 1 is 1.26 bits per heavy atom. The molecule has 0 bridgehead atoms. The number of likely N-dealkylation sites (tertiary alicyclic amines) is 1. The van der Waals surface area contributed by atoms with E-state index in [0.29, 0.717) is 4.90 Å². The summed E-state index contributed by atoms with van der Waals surface area (Å²) in [5.41, 5.74) is -0.799. The topological polar surface area (TPSA) is 44.8 Å². The normalized spacial score (nSPS) is 30.9. The number of rotatable bonds is 8. The summed E-state index contributed by atoms with van der Waals surface area (Å²) in [7, 11) is 0. The third-order valence-electron chi connectivity index (χ3n) is 4.09. The van der Waals surface area contributed by atoms with Gasteiger partial charge in [-0.3, -0.25) is 0 Å². The number of urea groups is 1. The second-order valence-electron chi connectivity index (χ2n) is 6.36. The number of nitrogens with one attached hydrogen (secondary N) is 1. The van der Waals surface area contributed by atoms with Crippen molar-refractivity contribution < 1.29 is 41.3 Å². The van der Waals surface area contributed by atoms with Gasteiger partial charge >= 0.3 is 6.03 Å². The molecule has 0 saturated carbocycles. The first-order chi connectivity index (χ1) is 22.6. The van der Waals surface area contributed by atoms with Crippen molar-refractivity contribution in [3.05, 3.63) is 65.5 Å². The first kappa shape index (κ1) is 8.39. The maximum absolute atomic E-state index is 13.9. The lowest BCUT2D eigenvalue weighted by atomic mass is 10.0. The van der Waals surface area contributed by atoms with Crippen LogP contribution in [0.3, 0.4) is 0 Å². The van der Waals surface area contributed by atoms with E-state index in [1.54, 1.807) is 0 Å². The molecule has 1 N–H and O–H groups in total. The number of ether oxygens (including phenoxy) is 1. The summed E-state index contributed by atoms with van der Waals surface area (Å²) in [6.07, 6.45) is -1.92. The highest BCUT2D eigenvalue weighted by atomic mass is 19.1. The highest BCUT2D eigenvalue weighted by Crippen LogP contribution is 2.19.